The lowest BCUT2D eigenvalue weighted by Crippen LogP contribution is -2.54. The van der Waals surface area contributed by atoms with Crippen LogP contribution in [-0.2, 0) is 15.0 Å². The van der Waals surface area contributed by atoms with Crippen LogP contribution in [0.4, 0.5) is 19.5 Å². The van der Waals surface area contributed by atoms with Gasteiger partial charge in [-0.2, -0.15) is 15.3 Å². The molecule has 2 aromatic heterocycles. The SMILES string of the molecule is CC(C)(C)OC(=O)NC1(c2ccc(F)cc2F)CCN(c2nc(C#N)c3c(Br)nn(C4CCCCO4)c3n2)CC1. The molecule has 1 amide bonds. The minimum Gasteiger partial charge on any atom is -0.444 e. The van der Waals surface area contributed by atoms with Gasteiger partial charge in [-0.05, 0) is 74.9 Å². The van der Waals surface area contributed by atoms with Crippen molar-refractivity contribution in [2.75, 3.05) is 24.6 Å². The number of hydrogen-bond acceptors (Lipinski definition) is 8. The molecule has 2 aliphatic rings. The number of fused-ring (bicyclic) bond motifs is 1. The van der Waals surface area contributed by atoms with Gasteiger partial charge < -0.3 is 19.7 Å². The van der Waals surface area contributed by atoms with Crippen LogP contribution in [0.25, 0.3) is 11.0 Å². The number of nitrogens with one attached hydrogen (secondary N) is 1. The Morgan fingerprint density at radius 1 is 1.25 bits per heavy atom. The summed E-state index contributed by atoms with van der Waals surface area (Å²) in [5, 5.41) is 17.8. The minimum atomic E-state index is -1.15. The molecule has 2 saturated heterocycles. The summed E-state index contributed by atoms with van der Waals surface area (Å²) in [6.45, 7) is 6.47. The van der Waals surface area contributed by atoms with Gasteiger partial charge in [0.1, 0.15) is 27.9 Å². The number of nitrogens with zero attached hydrogens (tertiary/aromatic N) is 6. The molecule has 0 saturated carbocycles. The Morgan fingerprint density at radius 2 is 2.00 bits per heavy atom. The summed E-state index contributed by atoms with van der Waals surface area (Å²) in [5.74, 6) is -1.14. The van der Waals surface area contributed by atoms with Crippen molar-refractivity contribution in [2.24, 2.45) is 0 Å². The second kappa shape index (κ2) is 10.9. The molecular formula is C27H30BrF2N7O3. The van der Waals surface area contributed by atoms with Gasteiger partial charge in [0.25, 0.3) is 0 Å². The van der Waals surface area contributed by atoms with E-state index in [9.17, 15) is 14.4 Å². The third-order valence-electron chi connectivity index (χ3n) is 7.12. The van der Waals surface area contributed by atoms with Crippen molar-refractivity contribution in [1.82, 2.24) is 25.1 Å². The van der Waals surface area contributed by atoms with E-state index in [2.05, 4.69) is 37.4 Å². The van der Waals surface area contributed by atoms with Crippen LogP contribution >= 0.6 is 15.9 Å². The summed E-state index contributed by atoms with van der Waals surface area (Å²) >= 11 is 3.45. The van der Waals surface area contributed by atoms with Crippen molar-refractivity contribution >= 4 is 39.0 Å². The number of benzene rings is 1. The second-order valence-electron chi connectivity index (χ2n) is 11.1. The smallest absolute Gasteiger partial charge is 0.408 e. The molecule has 40 heavy (non-hydrogen) atoms. The number of nitriles is 1. The number of alkyl carbamates (subject to hydrolysis) is 1. The molecule has 0 radical (unpaired) electrons. The molecule has 0 spiro atoms. The van der Waals surface area contributed by atoms with Gasteiger partial charge in [-0.1, -0.05) is 6.07 Å². The number of anilines is 1. The summed E-state index contributed by atoms with van der Waals surface area (Å²) in [5.41, 5.74) is -1.09. The summed E-state index contributed by atoms with van der Waals surface area (Å²) in [7, 11) is 0. The van der Waals surface area contributed by atoms with Crippen molar-refractivity contribution in [3.63, 3.8) is 0 Å². The molecule has 0 bridgehead atoms. The van der Waals surface area contributed by atoms with E-state index < -0.39 is 28.9 Å². The standard InChI is InChI=1S/C27H30BrF2N7O3/c1-26(2,3)40-25(38)34-27(17-8-7-16(29)14-18(17)30)9-11-36(12-10-27)24-32-19(15-31)21-22(28)35-37(23(21)33-24)20-6-4-5-13-39-20/h7-8,14,20H,4-6,9-13H2,1-3H3,(H,34,38). The molecule has 1 N–H and O–H groups in total. The van der Waals surface area contributed by atoms with Gasteiger partial charge in [-0.25, -0.2) is 23.2 Å². The number of ether oxygens (including phenoxy) is 2. The largest absolute Gasteiger partial charge is 0.444 e. The zero-order valence-electron chi connectivity index (χ0n) is 22.5. The van der Waals surface area contributed by atoms with E-state index in [0.29, 0.717) is 41.3 Å². The average molecular weight is 618 g/mol. The summed E-state index contributed by atoms with van der Waals surface area (Å²) in [6.07, 6.45) is 2.25. The van der Waals surface area contributed by atoms with Gasteiger partial charge in [-0.3, -0.25) is 0 Å². The zero-order valence-corrected chi connectivity index (χ0v) is 24.1. The number of amides is 1. The van der Waals surface area contributed by atoms with Crippen molar-refractivity contribution in [2.45, 2.75) is 70.2 Å². The van der Waals surface area contributed by atoms with Crippen LogP contribution in [0.5, 0.6) is 0 Å². The van der Waals surface area contributed by atoms with Gasteiger partial charge in [0.05, 0.1) is 10.9 Å². The first-order valence-electron chi connectivity index (χ1n) is 13.2. The van der Waals surface area contributed by atoms with Gasteiger partial charge in [0, 0.05) is 31.3 Å². The molecule has 0 aliphatic carbocycles. The van der Waals surface area contributed by atoms with Crippen molar-refractivity contribution in [1.29, 1.82) is 5.26 Å². The third-order valence-corrected chi connectivity index (χ3v) is 7.67. The van der Waals surface area contributed by atoms with Gasteiger partial charge in [-0.15, -0.1) is 0 Å². The van der Waals surface area contributed by atoms with Gasteiger partial charge >= 0.3 is 6.09 Å². The number of halogens is 3. The molecule has 1 aromatic carbocycles. The molecule has 13 heteroatoms. The van der Waals surface area contributed by atoms with E-state index in [1.807, 2.05) is 4.90 Å². The molecule has 2 fully saturated rings. The van der Waals surface area contributed by atoms with E-state index in [1.165, 1.54) is 12.1 Å². The summed E-state index contributed by atoms with van der Waals surface area (Å²) in [4.78, 5) is 24.0. The maximum absolute atomic E-state index is 15.1. The van der Waals surface area contributed by atoms with Crippen LogP contribution in [0, 0.1) is 23.0 Å². The number of carbonyl (C=O) groups excluding carboxylic acids is 1. The highest BCUT2D eigenvalue weighted by molar-refractivity contribution is 9.10. The Hall–Kier alpha value is -3.37. The Bertz CT molecular complexity index is 1470. The molecule has 5 rings (SSSR count). The maximum Gasteiger partial charge on any atom is 0.408 e. The molecule has 2 aliphatic heterocycles. The first kappa shape index (κ1) is 28.2. The second-order valence-corrected chi connectivity index (χ2v) is 11.8. The normalized spacial score (nSPS) is 19.3. The Labute approximate surface area is 238 Å². The number of aromatic nitrogens is 4. The van der Waals surface area contributed by atoms with Crippen LogP contribution in [0.3, 0.4) is 0 Å². The van der Waals surface area contributed by atoms with Crippen molar-refractivity contribution in [3.05, 3.63) is 45.7 Å². The fourth-order valence-corrected chi connectivity index (χ4v) is 5.79. The first-order chi connectivity index (χ1) is 19.0. The molecule has 3 aromatic rings. The van der Waals surface area contributed by atoms with E-state index >= 15 is 4.39 Å². The Balaban J connectivity index is 1.47. The highest BCUT2D eigenvalue weighted by Crippen LogP contribution is 2.37. The monoisotopic (exact) mass is 617 g/mol. The van der Waals surface area contributed by atoms with Crippen molar-refractivity contribution < 1.29 is 23.0 Å². The Kier molecular flexibility index (Phi) is 7.67. The highest BCUT2D eigenvalue weighted by Gasteiger charge is 2.41. The lowest BCUT2D eigenvalue weighted by Gasteiger charge is -2.43. The lowest BCUT2D eigenvalue weighted by atomic mass is 9.80. The van der Waals surface area contributed by atoms with Crippen molar-refractivity contribution in [3.8, 4) is 6.07 Å². The number of carbonyl (C=O) groups is 1. The molecule has 4 heterocycles. The van der Waals surface area contributed by atoms with Crippen LogP contribution in [-0.4, -0.2) is 51.1 Å². The van der Waals surface area contributed by atoms with E-state index in [1.54, 1.807) is 25.5 Å². The van der Waals surface area contributed by atoms with Crippen LogP contribution < -0.4 is 10.2 Å². The zero-order chi connectivity index (χ0) is 28.7. The Morgan fingerprint density at radius 3 is 2.62 bits per heavy atom. The summed E-state index contributed by atoms with van der Waals surface area (Å²) in [6, 6.07) is 5.48. The van der Waals surface area contributed by atoms with E-state index in [4.69, 9.17) is 14.5 Å². The lowest BCUT2D eigenvalue weighted by molar-refractivity contribution is -0.0371. The molecule has 1 unspecified atom stereocenters. The van der Waals surface area contributed by atoms with Crippen LogP contribution in [0.2, 0.25) is 0 Å². The predicted molar refractivity (Wildman–Crippen MR) is 145 cm³/mol. The van der Waals surface area contributed by atoms with Gasteiger partial charge in [0.2, 0.25) is 5.95 Å². The van der Waals surface area contributed by atoms with Gasteiger partial charge in [0.15, 0.2) is 17.6 Å². The third kappa shape index (κ3) is 5.60. The van der Waals surface area contributed by atoms with Crippen LogP contribution in [0.15, 0.2) is 22.8 Å². The molecule has 212 valence electrons. The van der Waals surface area contributed by atoms with Crippen LogP contribution in [0.1, 0.15) is 70.4 Å². The number of rotatable bonds is 4. The number of hydrogen-bond donors (Lipinski definition) is 1. The topological polar surface area (TPSA) is 118 Å². The molecular weight excluding hydrogens is 588 g/mol. The minimum absolute atomic E-state index is 0.169. The first-order valence-corrected chi connectivity index (χ1v) is 14.0. The fourth-order valence-electron chi connectivity index (χ4n) is 5.25. The molecule has 1 atom stereocenters. The number of piperidine rings is 1. The highest BCUT2D eigenvalue weighted by atomic mass is 79.9. The predicted octanol–water partition coefficient (Wildman–Crippen LogP) is 5.46. The average Bonchev–Trinajstić information content (AvgIpc) is 3.24. The maximum atomic E-state index is 15.1. The van der Waals surface area contributed by atoms with E-state index in [-0.39, 0.29) is 30.3 Å². The van der Waals surface area contributed by atoms with E-state index in [0.717, 1.165) is 25.3 Å². The fraction of sp³-hybridized carbons (Fsp3) is 0.519. The quantitative estimate of drug-likeness (QED) is 0.410. The summed E-state index contributed by atoms with van der Waals surface area (Å²) < 4.78 is 42.3. The molecule has 10 nitrogen and oxygen atoms in total.